The van der Waals surface area contributed by atoms with E-state index >= 15 is 0 Å². The molecule has 0 heterocycles. The first kappa shape index (κ1) is 15.3. The molecule has 0 aromatic heterocycles. The fraction of sp³-hybridized carbons (Fsp3) is 0.647. The molecule has 0 radical (unpaired) electrons. The highest BCUT2D eigenvalue weighted by Gasteiger charge is 2.13. The van der Waals surface area contributed by atoms with Crippen molar-refractivity contribution in [3.8, 4) is 5.75 Å². The van der Waals surface area contributed by atoms with Crippen LogP contribution in [0.3, 0.4) is 0 Å². The van der Waals surface area contributed by atoms with E-state index in [1.807, 2.05) is 30.3 Å². The molecule has 1 aromatic rings. The van der Waals surface area contributed by atoms with Crippen molar-refractivity contribution in [2.24, 2.45) is 0 Å². The van der Waals surface area contributed by atoms with Crippen LogP contribution in [0.15, 0.2) is 30.3 Å². The zero-order valence-electron chi connectivity index (χ0n) is 12.5. The summed E-state index contributed by atoms with van der Waals surface area (Å²) in [6.45, 7) is 4.31. The van der Waals surface area contributed by atoms with Crippen LogP contribution in [-0.2, 0) is 4.74 Å². The first-order valence-corrected chi connectivity index (χ1v) is 7.87. The molecule has 20 heavy (non-hydrogen) atoms. The van der Waals surface area contributed by atoms with Crippen LogP contribution in [0.25, 0.3) is 0 Å². The molecule has 1 saturated carbocycles. The molecule has 0 amide bonds. The summed E-state index contributed by atoms with van der Waals surface area (Å²) in [6, 6.07) is 10.6. The summed E-state index contributed by atoms with van der Waals surface area (Å²) in [5.41, 5.74) is 0. The predicted molar refractivity (Wildman–Crippen MR) is 82.2 cm³/mol. The predicted octanol–water partition coefficient (Wildman–Crippen LogP) is 3.39. The SMILES string of the molecule is CC(CNC1CCCCC1)OCCOc1ccccc1. The third-order valence-electron chi connectivity index (χ3n) is 3.80. The van der Waals surface area contributed by atoms with Gasteiger partial charge in [0.1, 0.15) is 12.4 Å². The zero-order valence-corrected chi connectivity index (χ0v) is 12.5. The van der Waals surface area contributed by atoms with Crippen LogP contribution < -0.4 is 10.1 Å². The Morgan fingerprint density at radius 1 is 1.10 bits per heavy atom. The molecule has 3 nitrogen and oxygen atoms in total. The van der Waals surface area contributed by atoms with Gasteiger partial charge in [0.25, 0.3) is 0 Å². The van der Waals surface area contributed by atoms with E-state index in [-0.39, 0.29) is 6.10 Å². The molecule has 112 valence electrons. The van der Waals surface area contributed by atoms with E-state index in [9.17, 15) is 0 Å². The fourth-order valence-electron chi connectivity index (χ4n) is 2.62. The van der Waals surface area contributed by atoms with E-state index < -0.39 is 0 Å². The minimum Gasteiger partial charge on any atom is -0.491 e. The van der Waals surface area contributed by atoms with Gasteiger partial charge in [-0.1, -0.05) is 37.5 Å². The van der Waals surface area contributed by atoms with Crippen LogP contribution in [0.5, 0.6) is 5.75 Å². The number of hydrogen-bond acceptors (Lipinski definition) is 3. The maximum absolute atomic E-state index is 5.77. The maximum atomic E-state index is 5.77. The summed E-state index contributed by atoms with van der Waals surface area (Å²) in [5, 5.41) is 3.61. The summed E-state index contributed by atoms with van der Waals surface area (Å²) in [6.07, 6.45) is 7.04. The molecule has 1 aliphatic carbocycles. The third-order valence-corrected chi connectivity index (χ3v) is 3.80. The standard InChI is InChI=1S/C17H27NO2/c1-15(14-18-16-8-4-2-5-9-16)19-12-13-20-17-10-6-3-7-11-17/h3,6-7,10-11,15-16,18H,2,4-5,8-9,12-14H2,1H3. The van der Waals surface area contributed by atoms with Gasteiger partial charge < -0.3 is 14.8 Å². The Kier molecular flexibility index (Phi) is 6.89. The van der Waals surface area contributed by atoms with Crippen LogP contribution in [0.2, 0.25) is 0 Å². The zero-order chi connectivity index (χ0) is 14.0. The molecule has 0 spiro atoms. The quantitative estimate of drug-likeness (QED) is 0.739. The smallest absolute Gasteiger partial charge is 0.119 e. The lowest BCUT2D eigenvalue weighted by atomic mass is 9.95. The molecule has 0 saturated heterocycles. The largest absolute Gasteiger partial charge is 0.491 e. The Hall–Kier alpha value is -1.06. The van der Waals surface area contributed by atoms with Gasteiger partial charge in [0, 0.05) is 12.6 Å². The molecule has 1 fully saturated rings. The Bertz CT molecular complexity index is 349. The normalized spacial score (nSPS) is 17.9. The van der Waals surface area contributed by atoms with Gasteiger partial charge in [0.05, 0.1) is 12.7 Å². The van der Waals surface area contributed by atoms with Gasteiger partial charge in [-0.2, -0.15) is 0 Å². The van der Waals surface area contributed by atoms with Gasteiger partial charge >= 0.3 is 0 Å². The monoisotopic (exact) mass is 277 g/mol. The summed E-state index contributed by atoms with van der Waals surface area (Å²) < 4.78 is 11.4. The number of rotatable bonds is 8. The Balaban J connectivity index is 1.50. The van der Waals surface area contributed by atoms with E-state index in [2.05, 4.69) is 12.2 Å². The first-order valence-electron chi connectivity index (χ1n) is 7.87. The van der Waals surface area contributed by atoms with Crippen LogP contribution in [0.1, 0.15) is 39.0 Å². The molecular formula is C17H27NO2. The summed E-state index contributed by atoms with van der Waals surface area (Å²) in [7, 11) is 0. The highest BCUT2D eigenvalue weighted by atomic mass is 16.5. The van der Waals surface area contributed by atoms with Crippen molar-refractivity contribution in [1.82, 2.24) is 5.32 Å². The van der Waals surface area contributed by atoms with Crippen LogP contribution in [-0.4, -0.2) is 31.9 Å². The number of ether oxygens (including phenoxy) is 2. The van der Waals surface area contributed by atoms with Gasteiger partial charge in [-0.05, 0) is 31.9 Å². The molecular weight excluding hydrogens is 250 g/mol. The van der Waals surface area contributed by atoms with Crippen LogP contribution >= 0.6 is 0 Å². The number of nitrogens with one attached hydrogen (secondary N) is 1. The molecule has 1 atom stereocenters. The second kappa shape index (κ2) is 8.98. The van der Waals surface area contributed by atoms with E-state index in [1.165, 1.54) is 32.1 Å². The van der Waals surface area contributed by atoms with Crippen molar-refractivity contribution in [2.45, 2.75) is 51.2 Å². The summed E-state index contributed by atoms with van der Waals surface area (Å²) in [4.78, 5) is 0. The Labute approximate surface area is 122 Å². The third kappa shape index (κ3) is 5.93. The summed E-state index contributed by atoms with van der Waals surface area (Å²) >= 11 is 0. The lowest BCUT2D eigenvalue weighted by Crippen LogP contribution is -2.37. The first-order chi connectivity index (χ1) is 9.84. The summed E-state index contributed by atoms with van der Waals surface area (Å²) in [5.74, 6) is 0.907. The molecule has 3 heteroatoms. The van der Waals surface area contributed by atoms with Crippen molar-refractivity contribution in [3.63, 3.8) is 0 Å². The second-order valence-electron chi connectivity index (χ2n) is 5.59. The minimum absolute atomic E-state index is 0.247. The van der Waals surface area contributed by atoms with E-state index in [0.29, 0.717) is 19.3 Å². The van der Waals surface area contributed by atoms with Gasteiger partial charge in [-0.3, -0.25) is 0 Å². The molecule has 2 rings (SSSR count). The van der Waals surface area contributed by atoms with Crippen LogP contribution in [0, 0.1) is 0 Å². The molecule has 0 bridgehead atoms. The van der Waals surface area contributed by atoms with E-state index in [4.69, 9.17) is 9.47 Å². The van der Waals surface area contributed by atoms with Gasteiger partial charge in [-0.15, -0.1) is 0 Å². The van der Waals surface area contributed by atoms with Crippen molar-refractivity contribution < 1.29 is 9.47 Å². The average Bonchev–Trinajstić information content (AvgIpc) is 2.52. The second-order valence-corrected chi connectivity index (χ2v) is 5.59. The van der Waals surface area contributed by atoms with Gasteiger partial charge in [-0.25, -0.2) is 0 Å². The Morgan fingerprint density at radius 2 is 1.85 bits per heavy atom. The topological polar surface area (TPSA) is 30.5 Å². The lowest BCUT2D eigenvalue weighted by Gasteiger charge is -2.24. The fourth-order valence-corrected chi connectivity index (χ4v) is 2.62. The van der Waals surface area contributed by atoms with Crippen molar-refractivity contribution >= 4 is 0 Å². The lowest BCUT2D eigenvalue weighted by molar-refractivity contribution is 0.0425. The number of para-hydroxylation sites is 1. The molecule has 1 unspecified atom stereocenters. The molecule has 1 aliphatic rings. The average molecular weight is 277 g/mol. The Morgan fingerprint density at radius 3 is 2.60 bits per heavy atom. The van der Waals surface area contributed by atoms with Gasteiger partial charge in [0.15, 0.2) is 0 Å². The van der Waals surface area contributed by atoms with Crippen molar-refractivity contribution in [2.75, 3.05) is 19.8 Å². The maximum Gasteiger partial charge on any atom is 0.119 e. The van der Waals surface area contributed by atoms with Gasteiger partial charge in [0.2, 0.25) is 0 Å². The van der Waals surface area contributed by atoms with Crippen LogP contribution in [0.4, 0.5) is 0 Å². The van der Waals surface area contributed by atoms with Crippen molar-refractivity contribution in [3.05, 3.63) is 30.3 Å². The number of benzene rings is 1. The molecule has 0 aliphatic heterocycles. The minimum atomic E-state index is 0.247. The van der Waals surface area contributed by atoms with E-state index in [0.717, 1.165) is 12.3 Å². The van der Waals surface area contributed by atoms with Crippen molar-refractivity contribution in [1.29, 1.82) is 0 Å². The highest BCUT2D eigenvalue weighted by molar-refractivity contribution is 5.20. The highest BCUT2D eigenvalue weighted by Crippen LogP contribution is 2.17. The molecule has 1 N–H and O–H groups in total. The van der Waals surface area contributed by atoms with E-state index in [1.54, 1.807) is 0 Å². The molecule has 1 aromatic carbocycles. The number of hydrogen-bond donors (Lipinski definition) is 1.